The molecule has 35 heavy (non-hydrogen) atoms. The Morgan fingerprint density at radius 3 is 2.63 bits per heavy atom. The van der Waals surface area contributed by atoms with Crippen molar-refractivity contribution in [1.82, 2.24) is 14.9 Å². The van der Waals surface area contributed by atoms with Gasteiger partial charge in [0.2, 0.25) is 5.91 Å². The van der Waals surface area contributed by atoms with Crippen LogP contribution in [-0.2, 0) is 22.4 Å². The molecule has 1 aliphatic carbocycles. The normalized spacial score (nSPS) is 19.7. The first kappa shape index (κ1) is 23.3. The second-order valence-electron chi connectivity index (χ2n) is 10.5. The molecule has 3 heterocycles. The molecule has 1 saturated heterocycles. The fraction of sp³-hybridized carbons (Fsp3) is 0.414. The van der Waals surface area contributed by atoms with E-state index in [4.69, 9.17) is 9.72 Å². The van der Waals surface area contributed by atoms with Gasteiger partial charge < -0.3 is 14.6 Å². The number of carbonyl (C=O) groups excluding carboxylic acids is 1. The fourth-order valence-electron chi connectivity index (χ4n) is 5.79. The number of aromatic nitrogens is 2. The molecule has 6 heteroatoms. The van der Waals surface area contributed by atoms with Crippen molar-refractivity contribution < 1.29 is 9.53 Å². The molecule has 180 valence electrons. The first-order chi connectivity index (χ1) is 16.8. The summed E-state index contributed by atoms with van der Waals surface area (Å²) in [6.07, 6.45) is 6.71. The number of pyridine rings is 1. The number of fused-ring (bicyclic) bond motifs is 2. The van der Waals surface area contributed by atoms with E-state index in [1.165, 1.54) is 11.1 Å². The first-order valence-corrected chi connectivity index (χ1v) is 12.4. The molecule has 1 atom stereocenters. The van der Waals surface area contributed by atoms with Gasteiger partial charge in [-0.05, 0) is 82.2 Å². The summed E-state index contributed by atoms with van der Waals surface area (Å²) in [4.78, 5) is 17.8. The van der Waals surface area contributed by atoms with Crippen LogP contribution in [-0.4, -0.2) is 33.7 Å². The van der Waals surface area contributed by atoms with Crippen LogP contribution in [0.3, 0.4) is 0 Å². The van der Waals surface area contributed by atoms with Crippen LogP contribution in [0.4, 0.5) is 0 Å². The Hall–Kier alpha value is -3.43. The van der Waals surface area contributed by atoms with Gasteiger partial charge in [-0.25, -0.2) is 4.98 Å². The van der Waals surface area contributed by atoms with Gasteiger partial charge in [-0.3, -0.25) is 4.79 Å². The van der Waals surface area contributed by atoms with Crippen molar-refractivity contribution in [1.29, 1.82) is 5.26 Å². The largest absolute Gasteiger partial charge is 0.375 e. The zero-order chi connectivity index (χ0) is 24.7. The summed E-state index contributed by atoms with van der Waals surface area (Å²) in [7, 11) is 0. The summed E-state index contributed by atoms with van der Waals surface area (Å²) < 4.78 is 7.96. The Morgan fingerprint density at radius 2 is 1.97 bits per heavy atom. The third kappa shape index (κ3) is 4.49. The average Bonchev–Trinajstić information content (AvgIpc) is 3.35. The van der Waals surface area contributed by atoms with E-state index in [1.54, 1.807) is 12.2 Å². The average molecular weight is 469 g/mol. The van der Waals surface area contributed by atoms with Gasteiger partial charge in [0, 0.05) is 35.8 Å². The molecule has 2 aromatic heterocycles. The Morgan fingerprint density at radius 1 is 1.26 bits per heavy atom. The number of hydrogen-bond acceptors (Lipinski definition) is 4. The molecular weight excluding hydrogens is 436 g/mol. The van der Waals surface area contributed by atoms with Gasteiger partial charge >= 0.3 is 0 Å². The minimum absolute atomic E-state index is 0.0769. The van der Waals surface area contributed by atoms with E-state index in [0.29, 0.717) is 12.2 Å². The highest BCUT2D eigenvalue weighted by atomic mass is 16.5. The Balaban J connectivity index is 1.53. The topological polar surface area (TPSA) is 79.9 Å². The summed E-state index contributed by atoms with van der Waals surface area (Å²) in [5.41, 5.74) is 6.53. The van der Waals surface area contributed by atoms with Crippen molar-refractivity contribution in [3.63, 3.8) is 0 Å². The second kappa shape index (κ2) is 8.98. The predicted octanol–water partition coefficient (Wildman–Crippen LogP) is 4.95. The van der Waals surface area contributed by atoms with Crippen LogP contribution in [0.25, 0.3) is 17.1 Å². The van der Waals surface area contributed by atoms with E-state index in [0.717, 1.165) is 53.7 Å². The third-order valence-corrected chi connectivity index (χ3v) is 7.26. The smallest absolute Gasteiger partial charge is 0.244 e. The van der Waals surface area contributed by atoms with Crippen molar-refractivity contribution in [3.8, 4) is 6.07 Å². The van der Waals surface area contributed by atoms with E-state index in [1.807, 2.05) is 19.9 Å². The zero-order valence-electron chi connectivity index (χ0n) is 20.9. The monoisotopic (exact) mass is 468 g/mol. The second-order valence-corrected chi connectivity index (χ2v) is 10.5. The van der Waals surface area contributed by atoms with Crippen LogP contribution in [0.1, 0.15) is 66.4 Å². The number of carbonyl (C=O) groups is 1. The lowest BCUT2D eigenvalue weighted by Gasteiger charge is -2.35. The number of aryl methyl sites for hydroxylation is 2. The van der Waals surface area contributed by atoms with Gasteiger partial charge in [0.1, 0.15) is 11.7 Å². The number of benzene rings is 1. The first-order valence-electron chi connectivity index (χ1n) is 12.4. The van der Waals surface area contributed by atoms with Gasteiger partial charge in [0.05, 0.1) is 16.9 Å². The number of amides is 1. The molecule has 1 amide bonds. The number of nitriles is 1. The highest BCUT2D eigenvalue weighted by Crippen LogP contribution is 2.37. The highest BCUT2D eigenvalue weighted by molar-refractivity contribution is 5.96. The molecule has 1 unspecified atom stereocenters. The molecule has 0 radical (unpaired) electrons. The summed E-state index contributed by atoms with van der Waals surface area (Å²) in [5.74, 6) is -0.149. The van der Waals surface area contributed by atoms with Crippen LogP contribution in [0.2, 0.25) is 0 Å². The van der Waals surface area contributed by atoms with Crippen LogP contribution in [0, 0.1) is 25.2 Å². The number of hydrogen-bond donors (Lipinski definition) is 1. The number of rotatable bonds is 4. The SMILES string of the molecule is Cc1cc(C)c2c(C#N)c(/C=C/C(=O)NC3CCOC(C)(C)C3)n(C3Cc4ccccc4C3)c2n1. The molecular formula is C29H32N4O2. The Bertz CT molecular complexity index is 1350. The molecule has 2 aliphatic rings. The van der Waals surface area contributed by atoms with E-state index >= 15 is 0 Å². The lowest BCUT2D eigenvalue weighted by Crippen LogP contribution is -2.45. The minimum atomic E-state index is -0.237. The standard InChI is InChI=1S/C29H32N4O2/c1-18-13-19(2)31-28-27(18)24(17-30)25(33(28)23-14-20-7-5-6-8-21(20)15-23)9-10-26(34)32-22-11-12-35-29(3,4)16-22/h5-10,13,22-23H,11-12,14-16H2,1-4H3,(H,32,34)/b10-9+. The van der Waals surface area contributed by atoms with E-state index in [-0.39, 0.29) is 23.6 Å². The van der Waals surface area contributed by atoms with Crippen molar-refractivity contribution in [3.05, 3.63) is 70.0 Å². The molecule has 5 rings (SSSR count). The maximum Gasteiger partial charge on any atom is 0.244 e. The quantitative estimate of drug-likeness (QED) is 0.550. The molecule has 1 aliphatic heterocycles. The Kier molecular flexibility index (Phi) is 5.98. The van der Waals surface area contributed by atoms with Crippen molar-refractivity contribution in [2.75, 3.05) is 6.61 Å². The fourth-order valence-corrected chi connectivity index (χ4v) is 5.79. The third-order valence-electron chi connectivity index (χ3n) is 7.26. The molecule has 3 aromatic rings. The van der Waals surface area contributed by atoms with Crippen molar-refractivity contribution >= 4 is 23.0 Å². The van der Waals surface area contributed by atoms with Gasteiger partial charge in [-0.2, -0.15) is 5.26 Å². The summed E-state index contributed by atoms with van der Waals surface area (Å²) in [6.45, 7) is 8.75. The Labute approximate surface area is 206 Å². The van der Waals surface area contributed by atoms with Crippen LogP contribution in [0.5, 0.6) is 0 Å². The molecule has 0 bridgehead atoms. The molecule has 6 nitrogen and oxygen atoms in total. The maximum absolute atomic E-state index is 12.9. The summed E-state index contributed by atoms with van der Waals surface area (Å²) >= 11 is 0. The van der Waals surface area contributed by atoms with Gasteiger partial charge in [-0.15, -0.1) is 0 Å². The predicted molar refractivity (Wildman–Crippen MR) is 137 cm³/mol. The van der Waals surface area contributed by atoms with Crippen LogP contribution >= 0.6 is 0 Å². The molecule has 0 saturated carbocycles. The minimum Gasteiger partial charge on any atom is -0.375 e. The van der Waals surface area contributed by atoms with Crippen LogP contribution in [0.15, 0.2) is 36.4 Å². The van der Waals surface area contributed by atoms with Crippen LogP contribution < -0.4 is 5.32 Å². The molecule has 0 spiro atoms. The molecule has 1 N–H and O–H groups in total. The summed E-state index contributed by atoms with van der Waals surface area (Å²) in [6, 6.07) is 13.2. The van der Waals surface area contributed by atoms with Crippen molar-refractivity contribution in [2.45, 2.75) is 71.1 Å². The lowest BCUT2D eigenvalue weighted by atomic mass is 9.94. The highest BCUT2D eigenvalue weighted by Gasteiger charge is 2.30. The van der Waals surface area contributed by atoms with E-state index in [9.17, 15) is 10.1 Å². The zero-order valence-corrected chi connectivity index (χ0v) is 20.9. The van der Waals surface area contributed by atoms with Crippen molar-refractivity contribution in [2.24, 2.45) is 0 Å². The van der Waals surface area contributed by atoms with E-state index < -0.39 is 0 Å². The number of nitrogens with zero attached hydrogens (tertiary/aromatic N) is 3. The number of ether oxygens (including phenoxy) is 1. The number of nitrogens with one attached hydrogen (secondary N) is 1. The van der Waals surface area contributed by atoms with E-state index in [2.05, 4.69) is 54.1 Å². The molecule has 1 aromatic carbocycles. The van der Waals surface area contributed by atoms with Gasteiger partial charge in [0.15, 0.2) is 0 Å². The summed E-state index contributed by atoms with van der Waals surface area (Å²) in [5, 5.41) is 14.2. The lowest BCUT2D eigenvalue weighted by molar-refractivity contribution is -0.119. The maximum atomic E-state index is 12.9. The molecule has 1 fully saturated rings. The van der Waals surface area contributed by atoms with Gasteiger partial charge in [0.25, 0.3) is 0 Å². The van der Waals surface area contributed by atoms with Gasteiger partial charge in [-0.1, -0.05) is 24.3 Å².